The van der Waals surface area contributed by atoms with Crippen LogP contribution in [0.4, 0.5) is 11.5 Å². The first-order valence-corrected chi connectivity index (χ1v) is 13.4. The second-order valence-electron chi connectivity index (χ2n) is 8.10. The van der Waals surface area contributed by atoms with E-state index in [1.54, 1.807) is 23.3 Å². The Labute approximate surface area is 218 Å². The fourth-order valence-electron chi connectivity index (χ4n) is 4.00. The van der Waals surface area contributed by atoms with E-state index >= 15 is 0 Å². The van der Waals surface area contributed by atoms with Gasteiger partial charge in [-0.2, -0.15) is 10.5 Å². The summed E-state index contributed by atoms with van der Waals surface area (Å²) in [6.07, 6.45) is 3.92. The zero-order valence-electron chi connectivity index (χ0n) is 19.2. The minimum Gasteiger partial charge on any atom is -0.369 e. The van der Waals surface area contributed by atoms with Crippen molar-refractivity contribution in [1.82, 2.24) is 9.97 Å². The number of carbonyl (C=O) groups is 1. The molecule has 7 nitrogen and oxygen atoms in total. The smallest absolute Gasteiger partial charge is 0.150 e. The highest BCUT2D eigenvalue weighted by molar-refractivity contribution is 7.98. The van der Waals surface area contributed by atoms with Crippen LogP contribution in [0.3, 0.4) is 0 Å². The number of likely N-dealkylation sites (N-methyl/N-ethyl adjacent to an activating group) is 1. The highest BCUT2D eigenvalue weighted by Crippen LogP contribution is 2.39. The van der Waals surface area contributed by atoms with Gasteiger partial charge in [0.1, 0.15) is 45.4 Å². The number of halogens is 1. The summed E-state index contributed by atoms with van der Waals surface area (Å²) in [5, 5.41) is 24.3. The first-order chi connectivity index (χ1) is 17.0. The average molecular weight is 523 g/mol. The number of carbonyl (C=O) groups excluding carboxylic acids is 1. The molecule has 1 aliphatic rings. The minimum absolute atomic E-state index is 0.105. The number of pyridine rings is 1. The Bertz CT molecular complexity index is 1290. The molecule has 0 atom stereocenters. The van der Waals surface area contributed by atoms with E-state index in [9.17, 15) is 15.3 Å². The lowest BCUT2D eigenvalue weighted by Gasteiger charge is -2.32. The summed E-state index contributed by atoms with van der Waals surface area (Å²) in [6, 6.07) is 12.1. The van der Waals surface area contributed by atoms with E-state index in [1.807, 2.05) is 29.6 Å². The molecule has 0 N–H and O–H groups in total. The maximum Gasteiger partial charge on any atom is 0.150 e. The Balaban J connectivity index is 1.69. The number of benzene rings is 1. The highest BCUT2D eigenvalue weighted by atomic mass is 35.5. The Morgan fingerprint density at radius 2 is 1.86 bits per heavy atom. The zero-order valence-corrected chi connectivity index (χ0v) is 21.6. The standard InChI is InChI=1S/C25H23ClN6OS2/c1-31(11-12-33)23-20(13-27)22(32-9-3-2-4-10-32)21(14-28)25(30-23)35-16-19-15-34-24(29-19)17-5-7-18(26)8-6-17/h5-8,12,15H,2-4,9-11,16H2,1H3. The van der Waals surface area contributed by atoms with Gasteiger partial charge in [0.15, 0.2) is 0 Å². The van der Waals surface area contributed by atoms with Gasteiger partial charge in [-0.1, -0.05) is 35.5 Å². The number of nitrogens with zero attached hydrogens (tertiary/aromatic N) is 6. The maximum absolute atomic E-state index is 11.2. The molecule has 0 aliphatic carbocycles. The molecule has 2 aromatic heterocycles. The monoisotopic (exact) mass is 522 g/mol. The van der Waals surface area contributed by atoms with E-state index in [4.69, 9.17) is 21.6 Å². The molecule has 1 saturated heterocycles. The Kier molecular flexibility index (Phi) is 8.25. The molecule has 1 aromatic carbocycles. The molecule has 3 aromatic rings. The first-order valence-electron chi connectivity index (χ1n) is 11.2. The van der Waals surface area contributed by atoms with Gasteiger partial charge in [-0.15, -0.1) is 11.3 Å². The number of thioether (sulfide) groups is 1. The zero-order chi connectivity index (χ0) is 24.8. The molecular weight excluding hydrogens is 500 g/mol. The lowest BCUT2D eigenvalue weighted by molar-refractivity contribution is -0.106. The van der Waals surface area contributed by atoms with Crippen molar-refractivity contribution in [3.05, 3.63) is 51.5 Å². The van der Waals surface area contributed by atoms with Crippen molar-refractivity contribution in [1.29, 1.82) is 10.5 Å². The van der Waals surface area contributed by atoms with Crippen molar-refractivity contribution >= 4 is 52.5 Å². The topological polar surface area (TPSA) is 96.9 Å². The van der Waals surface area contributed by atoms with E-state index in [1.165, 1.54) is 11.8 Å². The van der Waals surface area contributed by atoms with Gasteiger partial charge in [-0.05, 0) is 31.4 Å². The summed E-state index contributed by atoms with van der Waals surface area (Å²) in [7, 11) is 1.73. The van der Waals surface area contributed by atoms with Crippen LogP contribution in [0.25, 0.3) is 10.6 Å². The number of anilines is 2. The summed E-state index contributed by atoms with van der Waals surface area (Å²) in [5.41, 5.74) is 3.25. The van der Waals surface area contributed by atoms with Crippen LogP contribution in [-0.2, 0) is 10.5 Å². The minimum atomic E-state index is 0.105. The molecule has 4 rings (SSSR count). The SMILES string of the molecule is CN(CC=O)c1nc(SCc2csc(-c3ccc(Cl)cc3)n2)c(C#N)c(N2CCCCC2)c1C#N. The predicted molar refractivity (Wildman–Crippen MR) is 141 cm³/mol. The number of rotatable bonds is 8. The van der Waals surface area contributed by atoms with Gasteiger partial charge in [-0.25, -0.2) is 9.97 Å². The van der Waals surface area contributed by atoms with Crippen LogP contribution >= 0.6 is 34.7 Å². The molecule has 3 heterocycles. The van der Waals surface area contributed by atoms with Crippen molar-refractivity contribution in [3.63, 3.8) is 0 Å². The Hall–Kier alpha value is -3.11. The second kappa shape index (κ2) is 11.5. The third-order valence-electron chi connectivity index (χ3n) is 5.72. The number of piperidine rings is 1. The van der Waals surface area contributed by atoms with E-state index in [0.717, 1.165) is 54.9 Å². The van der Waals surface area contributed by atoms with Gasteiger partial charge in [0.05, 0.1) is 17.9 Å². The third kappa shape index (κ3) is 5.59. The first kappa shape index (κ1) is 25.0. The molecule has 0 spiro atoms. The van der Waals surface area contributed by atoms with Crippen LogP contribution in [0.15, 0.2) is 34.7 Å². The fourth-order valence-corrected chi connectivity index (χ4v) is 5.92. The summed E-state index contributed by atoms with van der Waals surface area (Å²) in [5.74, 6) is 0.940. The van der Waals surface area contributed by atoms with Crippen LogP contribution < -0.4 is 9.80 Å². The number of aldehydes is 1. The van der Waals surface area contributed by atoms with E-state index in [0.29, 0.717) is 38.4 Å². The largest absolute Gasteiger partial charge is 0.369 e. The number of hydrogen-bond acceptors (Lipinski definition) is 9. The van der Waals surface area contributed by atoms with Gasteiger partial charge in [0.2, 0.25) is 0 Å². The van der Waals surface area contributed by atoms with E-state index < -0.39 is 0 Å². The molecule has 178 valence electrons. The summed E-state index contributed by atoms with van der Waals surface area (Å²) >= 11 is 8.97. The molecule has 0 unspecified atom stereocenters. The van der Waals surface area contributed by atoms with Crippen molar-refractivity contribution in [3.8, 4) is 22.7 Å². The summed E-state index contributed by atoms with van der Waals surface area (Å²) < 4.78 is 0. The number of hydrogen-bond donors (Lipinski definition) is 0. The van der Waals surface area contributed by atoms with Crippen molar-refractivity contribution < 1.29 is 4.79 Å². The fraction of sp³-hybridized carbons (Fsp3) is 0.320. The molecule has 1 fully saturated rings. The van der Waals surface area contributed by atoms with Gasteiger partial charge in [0.25, 0.3) is 0 Å². The van der Waals surface area contributed by atoms with E-state index in [2.05, 4.69) is 17.0 Å². The van der Waals surface area contributed by atoms with Gasteiger partial charge < -0.3 is 14.6 Å². The molecular formula is C25H23ClN6OS2. The average Bonchev–Trinajstić information content (AvgIpc) is 3.36. The Morgan fingerprint density at radius 3 is 2.51 bits per heavy atom. The Morgan fingerprint density at radius 1 is 1.14 bits per heavy atom. The van der Waals surface area contributed by atoms with Gasteiger partial charge in [-0.3, -0.25) is 0 Å². The lowest BCUT2D eigenvalue weighted by Crippen LogP contribution is -2.32. The van der Waals surface area contributed by atoms with Crippen LogP contribution in [0, 0.1) is 22.7 Å². The highest BCUT2D eigenvalue weighted by Gasteiger charge is 2.27. The molecule has 35 heavy (non-hydrogen) atoms. The molecule has 0 saturated carbocycles. The molecule has 0 amide bonds. The summed E-state index contributed by atoms with van der Waals surface area (Å²) in [6.45, 7) is 1.67. The van der Waals surface area contributed by atoms with Crippen LogP contribution in [0.2, 0.25) is 5.02 Å². The van der Waals surface area contributed by atoms with E-state index in [-0.39, 0.29) is 6.54 Å². The molecule has 1 aliphatic heterocycles. The number of aromatic nitrogens is 2. The molecule has 10 heteroatoms. The normalized spacial score (nSPS) is 13.2. The van der Waals surface area contributed by atoms with Crippen molar-refractivity contribution in [2.45, 2.75) is 30.0 Å². The number of thiazole rings is 1. The third-order valence-corrected chi connectivity index (χ3v) is 7.93. The van der Waals surface area contributed by atoms with Gasteiger partial charge >= 0.3 is 0 Å². The molecule has 0 bridgehead atoms. The summed E-state index contributed by atoms with van der Waals surface area (Å²) in [4.78, 5) is 24.4. The maximum atomic E-state index is 11.2. The lowest BCUT2D eigenvalue weighted by atomic mass is 10.0. The number of nitriles is 2. The van der Waals surface area contributed by atoms with Crippen LogP contribution in [-0.4, -0.2) is 42.9 Å². The van der Waals surface area contributed by atoms with Crippen molar-refractivity contribution in [2.75, 3.05) is 36.5 Å². The predicted octanol–water partition coefficient (Wildman–Crippen LogP) is 5.52. The molecule has 0 radical (unpaired) electrons. The second-order valence-corrected chi connectivity index (χ2v) is 10.4. The van der Waals surface area contributed by atoms with Crippen molar-refractivity contribution in [2.24, 2.45) is 0 Å². The van der Waals surface area contributed by atoms with Gasteiger partial charge in [0, 0.05) is 41.9 Å². The quantitative estimate of drug-likeness (QED) is 0.282. The van der Waals surface area contributed by atoms with Crippen LogP contribution in [0.1, 0.15) is 36.1 Å². The van der Waals surface area contributed by atoms with Crippen LogP contribution in [0.5, 0.6) is 0 Å².